The summed E-state index contributed by atoms with van der Waals surface area (Å²) in [6, 6.07) is 0. The predicted molar refractivity (Wildman–Crippen MR) is 98.5 cm³/mol. The summed E-state index contributed by atoms with van der Waals surface area (Å²) in [5.74, 6) is 2.70. The fourth-order valence-corrected chi connectivity index (χ4v) is 7.87. The standard InChI is InChI=1S/C21H29BrO/c1-4-13-8-9-15-18-16(22)11-14-7-5-6-10-20(14,2)19(18)17(23)12-21(13,15)3/h6-7,10,13,15-16,18-19H,4-5,8-9,11-12H2,1-3H3/t13-,15-,16?,18+,19-,20-,21+/m0/s1. The molecule has 7 atom stereocenters. The second kappa shape index (κ2) is 5.31. The van der Waals surface area contributed by atoms with E-state index in [1.54, 1.807) is 0 Å². The molecule has 3 fully saturated rings. The summed E-state index contributed by atoms with van der Waals surface area (Å²) in [5, 5.41) is 0. The van der Waals surface area contributed by atoms with Crippen LogP contribution >= 0.6 is 15.9 Å². The van der Waals surface area contributed by atoms with Crippen LogP contribution in [0.4, 0.5) is 0 Å². The minimum absolute atomic E-state index is 0.0180. The zero-order chi connectivity index (χ0) is 16.4. The number of hydrogen-bond acceptors (Lipinski definition) is 1. The lowest BCUT2D eigenvalue weighted by Gasteiger charge is -2.57. The smallest absolute Gasteiger partial charge is 0.138 e. The molecule has 0 aromatic rings. The van der Waals surface area contributed by atoms with Gasteiger partial charge < -0.3 is 0 Å². The molecule has 3 saturated carbocycles. The topological polar surface area (TPSA) is 17.1 Å². The van der Waals surface area contributed by atoms with Gasteiger partial charge in [0.05, 0.1) is 0 Å². The lowest BCUT2D eigenvalue weighted by Crippen LogP contribution is -2.57. The van der Waals surface area contributed by atoms with E-state index < -0.39 is 0 Å². The Hall–Kier alpha value is -0.370. The van der Waals surface area contributed by atoms with E-state index in [1.807, 2.05) is 0 Å². The highest BCUT2D eigenvalue weighted by molar-refractivity contribution is 9.09. The van der Waals surface area contributed by atoms with Crippen molar-refractivity contribution in [3.8, 4) is 0 Å². The van der Waals surface area contributed by atoms with Crippen LogP contribution in [0.3, 0.4) is 0 Å². The first-order chi connectivity index (χ1) is 10.9. The van der Waals surface area contributed by atoms with Crippen LogP contribution in [0.5, 0.6) is 0 Å². The van der Waals surface area contributed by atoms with Crippen molar-refractivity contribution in [2.45, 2.75) is 64.1 Å². The second-order valence-corrected chi connectivity index (χ2v) is 10.0. The summed E-state index contributed by atoms with van der Waals surface area (Å²) in [6.07, 6.45) is 13.9. The number of halogens is 1. The van der Waals surface area contributed by atoms with Crippen LogP contribution in [-0.4, -0.2) is 10.6 Å². The van der Waals surface area contributed by atoms with Crippen LogP contribution in [0.1, 0.15) is 59.3 Å². The Morgan fingerprint density at radius 2 is 2.09 bits per heavy atom. The molecule has 0 spiro atoms. The summed E-state index contributed by atoms with van der Waals surface area (Å²) in [6.45, 7) is 7.07. The van der Waals surface area contributed by atoms with Gasteiger partial charge in [0.1, 0.15) is 5.78 Å². The lowest BCUT2D eigenvalue weighted by atomic mass is 9.47. The van der Waals surface area contributed by atoms with Crippen LogP contribution in [-0.2, 0) is 4.79 Å². The Kier molecular flexibility index (Phi) is 3.72. The predicted octanol–water partition coefficient (Wildman–Crippen LogP) is 5.69. The third kappa shape index (κ3) is 2.06. The number of allylic oxidation sites excluding steroid dienone is 4. The normalized spacial score (nSPS) is 51.7. The molecule has 0 bridgehead atoms. The first-order valence-electron chi connectivity index (χ1n) is 9.45. The lowest BCUT2D eigenvalue weighted by molar-refractivity contribution is -0.142. The molecular formula is C21H29BrO. The molecule has 0 aromatic heterocycles. The van der Waals surface area contributed by atoms with Gasteiger partial charge in [-0.05, 0) is 48.9 Å². The summed E-state index contributed by atoms with van der Waals surface area (Å²) in [5.41, 5.74) is 1.73. The van der Waals surface area contributed by atoms with E-state index in [4.69, 9.17) is 0 Å². The maximum atomic E-state index is 13.4. The number of fused-ring (bicyclic) bond motifs is 5. The van der Waals surface area contributed by atoms with E-state index in [1.165, 1.54) is 24.8 Å². The zero-order valence-corrected chi connectivity index (χ0v) is 16.2. The maximum absolute atomic E-state index is 13.4. The molecule has 23 heavy (non-hydrogen) atoms. The monoisotopic (exact) mass is 376 g/mol. The third-order valence-corrected chi connectivity index (χ3v) is 8.92. The van der Waals surface area contributed by atoms with Crippen LogP contribution in [0.2, 0.25) is 0 Å². The molecule has 0 saturated heterocycles. The molecule has 0 amide bonds. The largest absolute Gasteiger partial charge is 0.299 e. The SMILES string of the molecule is CC[C@H]1CC[C@H]2[C@@H]3C(Br)CC4=CCC=C[C@]4(C)[C@H]3C(=O)C[C@]12C. The summed E-state index contributed by atoms with van der Waals surface area (Å²) in [4.78, 5) is 13.8. The van der Waals surface area contributed by atoms with Crippen LogP contribution in [0.15, 0.2) is 23.8 Å². The van der Waals surface area contributed by atoms with Gasteiger partial charge in [-0.2, -0.15) is 0 Å². The quantitative estimate of drug-likeness (QED) is 0.424. The van der Waals surface area contributed by atoms with Gasteiger partial charge in [-0.15, -0.1) is 0 Å². The van der Waals surface area contributed by atoms with Crippen molar-refractivity contribution in [2.75, 3.05) is 0 Å². The van der Waals surface area contributed by atoms with E-state index >= 15 is 0 Å². The molecule has 4 aliphatic carbocycles. The molecular weight excluding hydrogens is 348 g/mol. The highest BCUT2D eigenvalue weighted by Crippen LogP contribution is 2.66. The molecule has 0 aliphatic heterocycles. The Morgan fingerprint density at radius 1 is 1.30 bits per heavy atom. The van der Waals surface area contributed by atoms with E-state index in [0.29, 0.717) is 22.4 Å². The number of Topliss-reactive ketones (excluding diaryl/α,β-unsaturated/α-hetero) is 1. The number of ketones is 1. The number of carbonyl (C=O) groups excluding carboxylic acids is 1. The molecule has 0 N–H and O–H groups in total. The van der Waals surface area contributed by atoms with Crippen LogP contribution in [0.25, 0.3) is 0 Å². The van der Waals surface area contributed by atoms with Crippen molar-refractivity contribution in [1.82, 2.24) is 0 Å². The number of hydrogen-bond donors (Lipinski definition) is 0. The highest BCUT2D eigenvalue weighted by atomic mass is 79.9. The van der Waals surface area contributed by atoms with Crippen LogP contribution in [0, 0.1) is 34.5 Å². The van der Waals surface area contributed by atoms with E-state index in [-0.39, 0.29) is 16.7 Å². The van der Waals surface area contributed by atoms with E-state index in [0.717, 1.165) is 25.2 Å². The summed E-state index contributed by atoms with van der Waals surface area (Å²) in [7, 11) is 0. The van der Waals surface area contributed by atoms with Gasteiger partial charge in [0.2, 0.25) is 0 Å². The number of rotatable bonds is 1. The molecule has 4 rings (SSSR count). The fourth-order valence-electron chi connectivity index (χ4n) is 6.85. The summed E-state index contributed by atoms with van der Waals surface area (Å²) < 4.78 is 0. The first-order valence-corrected chi connectivity index (χ1v) is 10.4. The molecule has 0 aromatic carbocycles. The Bertz CT molecular complexity index is 591. The number of carbonyl (C=O) groups is 1. The highest BCUT2D eigenvalue weighted by Gasteiger charge is 2.62. The summed E-state index contributed by atoms with van der Waals surface area (Å²) >= 11 is 4.03. The molecule has 1 nitrogen and oxygen atoms in total. The van der Waals surface area contributed by atoms with Crippen molar-refractivity contribution >= 4 is 21.7 Å². The van der Waals surface area contributed by atoms with Gasteiger partial charge in [0.15, 0.2) is 0 Å². The van der Waals surface area contributed by atoms with Gasteiger partial charge >= 0.3 is 0 Å². The van der Waals surface area contributed by atoms with Gasteiger partial charge in [0, 0.05) is 22.6 Å². The van der Waals surface area contributed by atoms with Crippen molar-refractivity contribution in [1.29, 1.82) is 0 Å². The van der Waals surface area contributed by atoms with Gasteiger partial charge in [-0.1, -0.05) is 66.9 Å². The minimum atomic E-state index is -0.0180. The maximum Gasteiger partial charge on any atom is 0.138 e. The van der Waals surface area contributed by atoms with Crippen molar-refractivity contribution in [3.05, 3.63) is 23.8 Å². The Balaban J connectivity index is 1.79. The van der Waals surface area contributed by atoms with Crippen LogP contribution < -0.4 is 0 Å². The fraction of sp³-hybridized carbons (Fsp3) is 0.762. The van der Waals surface area contributed by atoms with Crippen molar-refractivity contribution in [3.63, 3.8) is 0 Å². The third-order valence-electron chi connectivity index (χ3n) is 7.99. The van der Waals surface area contributed by atoms with Gasteiger partial charge in [-0.25, -0.2) is 0 Å². The van der Waals surface area contributed by atoms with E-state index in [9.17, 15) is 4.79 Å². The average Bonchev–Trinajstić information content (AvgIpc) is 2.83. The molecule has 126 valence electrons. The second-order valence-electron chi connectivity index (χ2n) is 8.86. The van der Waals surface area contributed by atoms with Crippen molar-refractivity contribution in [2.24, 2.45) is 34.5 Å². The molecule has 0 heterocycles. The van der Waals surface area contributed by atoms with Gasteiger partial charge in [0.25, 0.3) is 0 Å². The minimum Gasteiger partial charge on any atom is -0.299 e. The molecule has 1 unspecified atom stereocenters. The molecule has 4 aliphatic rings. The van der Waals surface area contributed by atoms with Gasteiger partial charge in [-0.3, -0.25) is 4.79 Å². The van der Waals surface area contributed by atoms with E-state index in [2.05, 4.69) is 54.9 Å². The average molecular weight is 377 g/mol. The number of alkyl halides is 1. The molecule has 2 heteroatoms. The molecule has 0 radical (unpaired) electrons. The van der Waals surface area contributed by atoms with Crippen molar-refractivity contribution < 1.29 is 4.79 Å². The first kappa shape index (κ1) is 16.1. The zero-order valence-electron chi connectivity index (χ0n) is 14.6. The Morgan fingerprint density at radius 3 is 2.83 bits per heavy atom. The Labute approximate surface area is 149 Å².